The zero-order chi connectivity index (χ0) is 11.5. The number of carbonyl (C=O) groups is 1. The van der Waals surface area contributed by atoms with Gasteiger partial charge in [-0.3, -0.25) is 4.79 Å². The monoisotopic (exact) mass is 242 g/mol. The Morgan fingerprint density at radius 2 is 1.88 bits per heavy atom. The van der Waals surface area contributed by atoms with E-state index < -0.39 is 0 Å². The minimum atomic E-state index is 0.111. The molecular formula is C12H22N2OS. The molecular weight excluding hydrogens is 220 g/mol. The predicted octanol–water partition coefficient (Wildman–Crippen LogP) is 1.25. The molecule has 0 radical (unpaired) electrons. The van der Waals surface area contributed by atoms with E-state index in [0.717, 1.165) is 32.6 Å². The Morgan fingerprint density at radius 1 is 1.19 bits per heavy atom. The number of carbonyl (C=O) groups excluding carboxylic acids is 1. The van der Waals surface area contributed by atoms with Crippen LogP contribution in [0.2, 0.25) is 0 Å². The van der Waals surface area contributed by atoms with Crippen LogP contribution in [0.15, 0.2) is 0 Å². The molecule has 0 spiro atoms. The van der Waals surface area contributed by atoms with E-state index >= 15 is 0 Å². The molecule has 4 heteroatoms. The van der Waals surface area contributed by atoms with Crippen molar-refractivity contribution in [3.63, 3.8) is 0 Å². The quantitative estimate of drug-likeness (QED) is 0.700. The number of rotatable bonds is 1. The maximum absolute atomic E-state index is 12.4. The van der Waals surface area contributed by atoms with Gasteiger partial charge in [0.05, 0.1) is 5.92 Å². The van der Waals surface area contributed by atoms with Crippen molar-refractivity contribution in [2.24, 2.45) is 5.92 Å². The highest BCUT2D eigenvalue weighted by atomic mass is 32.1. The molecule has 0 aromatic carbocycles. The molecule has 0 aromatic heterocycles. The van der Waals surface area contributed by atoms with Gasteiger partial charge in [-0.1, -0.05) is 0 Å². The molecule has 0 aromatic rings. The first-order valence-electron chi connectivity index (χ1n) is 6.34. The minimum absolute atomic E-state index is 0.111. The first kappa shape index (κ1) is 12.2. The van der Waals surface area contributed by atoms with E-state index in [0.29, 0.717) is 5.91 Å². The summed E-state index contributed by atoms with van der Waals surface area (Å²) in [6.45, 7) is 3.86. The standard InChI is InChI=1S/C12H22N2OS/c1-13-8-5-11(16)10(9-13)12(15)14-6-3-2-4-7-14/h10-11,16H,2-9H2,1H3. The van der Waals surface area contributed by atoms with Gasteiger partial charge in [0.15, 0.2) is 0 Å². The molecule has 0 N–H and O–H groups in total. The summed E-state index contributed by atoms with van der Waals surface area (Å²) in [5, 5.41) is 0.255. The van der Waals surface area contributed by atoms with E-state index in [9.17, 15) is 4.79 Å². The average Bonchev–Trinajstić information content (AvgIpc) is 2.32. The Labute approximate surface area is 104 Å². The third-order valence-corrected chi connectivity index (χ3v) is 4.38. The van der Waals surface area contributed by atoms with Crippen molar-refractivity contribution >= 4 is 18.5 Å². The highest BCUT2D eigenvalue weighted by Crippen LogP contribution is 2.24. The number of hydrogen-bond acceptors (Lipinski definition) is 3. The summed E-state index contributed by atoms with van der Waals surface area (Å²) >= 11 is 4.58. The van der Waals surface area contributed by atoms with Gasteiger partial charge in [0, 0.05) is 24.9 Å². The maximum Gasteiger partial charge on any atom is 0.228 e. The second kappa shape index (κ2) is 5.41. The van der Waals surface area contributed by atoms with E-state index in [1.807, 2.05) is 0 Å². The second-order valence-corrected chi connectivity index (χ2v) is 5.77. The third-order valence-electron chi connectivity index (χ3n) is 3.76. The number of thiol groups is 1. The number of nitrogens with zero attached hydrogens (tertiary/aromatic N) is 2. The van der Waals surface area contributed by atoms with Crippen LogP contribution >= 0.6 is 12.6 Å². The van der Waals surface area contributed by atoms with Crippen LogP contribution in [0.4, 0.5) is 0 Å². The lowest BCUT2D eigenvalue weighted by Crippen LogP contribution is -2.49. The van der Waals surface area contributed by atoms with Crippen LogP contribution in [-0.2, 0) is 4.79 Å². The number of piperidine rings is 2. The van der Waals surface area contributed by atoms with Crippen LogP contribution in [0.25, 0.3) is 0 Å². The summed E-state index contributed by atoms with van der Waals surface area (Å²) < 4.78 is 0. The van der Waals surface area contributed by atoms with E-state index in [1.165, 1.54) is 19.3 Å². The second-order valence-electron chi connectivity index (χ2n) is 5.11. The zero-order valence-electron chi connectivity index (χ0n) is 10.1. The van der Waals surface area contributed by atoms with Crippen molar-refractivity contribution < 1.29 is 4.79 Å². The SMILES string of the molecule is CN1CCC(S)C(C(=O)N2CCCCC2)C1. The Balaban J connectivity index is 1.96. The number of hydrogen-bond donors (Lipinski definition) is 1. The fourth-order valence-corrected chi connectivity index (χ4v) is 3.03. The van der Waals surface area contributed by atoms with Gasteiger partial charge in [-0.2, -0.15) is 12.6 Å². The van der Waals surface area contributed by atoms with Crippen LogP contribution in [0.5, 0.6) is 0 Å². The largest absolute Gasteiger partial charge is 0.342 e. The van der Waals surface area contributed by atoms with Gasteiger partial charge in [0.25, 0.3) is 0 Å². The highest BCUT2D eigenvalue weighted by Gasteiger charge is 2.33. The normalized spacial score (nSPS) is 32.8. The molecule has 92 valence electrons. The van der Waals surface area contributed by atoms with Gasteiger partial charge in [-0.25, -0.2) is 0 Å². The zero-order valence-corrected chi connectivity index (χ0v) is 11.0. The van der Waals surface area contributed by atoms with E-state index in [-0.39, 0.29) is 11.2 Å². The molecule has 2 unspecified atom stereocenters. The molecule has 1 amide bonds. The summed E-state index contributed by atoms with van der Waals surface area (Å²) in [6.07, 6.45) is 4.65. The molecule has 2 heterocycles. The van der Waals surface area contributed by atoms with Gasteiger partial charge in [0.2, 0.25) is 5.91 Å². The van der Waals surface area contributed by atoms with Crippen molar-refractivity contribution in [3.05, 3.63) is 0 Å². The van der Waals surface area contributed by atoms with Gasteiger partial charge in [-0.15, -0.1) is 0 Å². The molecule has 0 bridgehead atoms. The fourth-order valence-electron chi connectivity index (χ4n) is 2.69. The van der Waals surface area contributed by atoms with Crippen molar-refractivity contribution in [3.8, 4) is 0 Å². The summed E-state index contributed by atoms with van der Waals surface area (Å²) in [7, 11) is 2.09. The highest BCUT2D eigenvalue weighted by molar-refractivity contribution is 7.81. The first-order chi connectivity index (χ1) is 7.68. The molecule has 2 fully saturated rings. The predicted molar refractivity (Wildman–Crippen MR) is 68.8 cm³/mol. The van der Waals surface area contributed by atoms with Gasteiger partial charge < -0.3 is 9.80 Å². The summed E-state index contributed by atoms with van der Waals surface area (Å²) in [5.74, 6) is 0.450. The molecule has 16 heavy (non-hydrogen) atoms. The molecule has 2 saturated heterocycles. The third kappa shape index (κ3) is 2.72. The fraction of sp³-hybridized carbons (Fsp3) is 0.917. The lowest BCUT2D eigenvalue weighted by Gasteiger charge is -2.37. The topological polar surface area (TPSA) is 23.6 Å². The molecule has 2 aliphatic rings. The van der Waals surface area contributed by atoms with Crippen LogP contribution in [0.3, 0.4) is 0 Å². The lowest BCUT2D eigenvalue weighted by atomic mass is 9.95. The van der Waals surface area contributed by atoms with Crippen LogP contribution in [0, 0.1) is 5.92 Å². The van der Waals surface area contributed by atoms with Crippen molar-refractivity contribution in [1.29, 1.82) is 0 Å². The molecule has 2 atom stereocenters. The van der Waals surface area contributed by atoms with Crippen molar-refractivity contribution in [2.75, 3.05) is 33.2 Å². The summed E-state index contributed by atoms with van der Waals surface area (Å²) in [6, 6.07) is 0. The first-order valence-corrected chi connectivity index (χ1v) is 6.85. The Kier molecular flexibility index (Phi) is 4.14. The number of likely N-dealkylation sites (tertiary alicyclic amines) is 2. The molecule has 0 aliphatic carbocycles. The van der Waals surface area contributed by atoms with Gasteiger partial charge in [-0.05, 0) is 39.3 Å². The molecule has 2 aliphatic heterocycles. The molecule has 2 rings (SSSR count). The summed E-state index contributed by atoms with van der Waals surface area (Å²) in [4.78, 5) is 16.7. The van der Waals surface area contributed by atoms with E-state index in [4.69, 9.17) is 0 Å². The minimum Gasteiger partial charge on any atom is -0.342 e. The van der Waals surface area contributed by atoms with E-state index in [2.05, 4.69) is 29.5 Å². The Bertz CT molecular complexity index is 253. The Morgan fingerprint density at radius 3 is 2.56 bits per heavy atom. The molecule has 3 nitrogen and oxygen atoms in total. The van der Waals surface area contributed by atoms with Crippen LogP contribution in [-0.4, -0.2) is 54.2 Å². The van der Waals surface area contributed by atoms with Crippen molar-refractivity contribution in [2.45, 2.75) is 30.9 Å². The summed E-state index contributed by atoms with van der Waals surface area (Å²) in [5.41, 5.74) is 0. The maximum atomic E-state index is 12.4. The van der Waals surface area contributed by atoms with Crippen LogP contribution < -0.4 is 0 Å². The number of amides is 1. The van der Waals surface area contributed by atoms with E-state index in [1.54, 1.807) is 0 Å². The Hall–Kier alpha value is -0.220. The van der Waals surface area contributed by atoms with Crippen molar-refractivity contribution in [1.82, 2.24) is 9.80 Å². The van der Waals surface area contributed by atoms with Gasteiger partial charge >= 0.3 is 0 Å². The average molecular weight is 242 g/mol. The van der Waals surface area contributed by atoms with Crippen LogP contribution in [0.1, 0.15) is 25.7 Å². The smallest absolute Gasteiger partial charge is 0.228 e. The van der Waals surface area contributed by atoms with Gasteiger partial charge in [0.1, 0.15) is 0 Å². The molecule has 0 saturated carbocycles. The lowest BCUT2D eigenvalue weighted by molar-refractivity contribution is -0.137.